The zero-order chi connectivity index (χ0) is 37.1. The van der Waals surface area contributed by atoms with Gasteiger partial charge in [-0.2, -0.15) is 0 Å². The number of ether oxygens (including phenoxy) is 1. The smallest absolute Gasteiger partial charge is 0.164 e. The Labute approximate surface area is 325 Å². The van der Waals surface area contributed by atoms with E-state index in [-0.39, 0.29) is 0 Å². The topological polar surface area (TPSA) is 47.9 Å². The molecule has 2 heterocycles. The van der Waals surface area contributed by atoms with Crippen molar-refractivity contribution in [3.05, 3.63) is 222 Å². The standard InChI is InChI=1S/C52H33N3O/c1-3-17-34(18-4-1)37-21-7-9-25-41(37)50-53-49(35-19-5-2-6-20-35)54-51(55-50)42-26-10-8-22-38(42)36-31-32-48-46(33-36)52(45-29-15-16-30-47(45)56-48)43-27-13-11-23-39(43)40-24-12-14-28-44(40)52/h1-33H. The lowest BCUT2D eigenvalue weighted by atomic mass is 9.65. The first-order valence-corrected chi connectivity index (χ1v) is 18.9. The molecule has 262 valence electrons. The predicted octanol–water partition coefficient (Wildman–Crippen LogP) is 12.7. The molecule has 0 unspecified atom stereocenters. The van der Waals surface area contributed by atoms with Gasteiger partial charge >= 0.3 is 0 Å². The van der Waals surface area contributed by atoms with Crippen LogP contribution in [0.5, 0.6) is 11.5 Å². The number of hydrogen-bond acceptors (Lipinski definition) is 4. The van der Waals surface area contributed by atoms with Crippen molar-refractivity contribution in [2.45, 2.75) is 5.41 Å². The van der Waals surface area contributed by atoms with Gasteiger partial charge in [0.25, 0.3) is 0 Å². The molecular formula is C52H33N3O. The molecule has 11 rings (SSSR count). The lowest BCUT2D eigenvalue weighted by Crippen LogP contribution is -2.32. The average Bonchev–Trinajstić information content (AvgIpc) is 3.57. The first-order valence-electron chi connectivity index (χ1n) is 18.9. The lowest BCUT2D eigenvalue weighted by molar-refractivity contribution is 0.436. The maximum atomic E-state index is 6.74. The second-order valence-corrected chi connectivity index (χ2v) is 14.3. The maximum Gasteiger partial charge on any atom is 0.164 e. The van der Waals surface area contributed by atoms with Gasteiger partial charge in [-0.05, 0) is 62.7 Å². The van der Waals surface area contributed by atoms with E-state index in [2.05, 4.69) is 170 Å². The second-order valence-electron chi connectivity index (χ2n) is 14.3. The summed E-state index contributed by atoms with van der Waals surface area (Å²) in [6.07, 6.45) is 0. The van der Waals surface area contributed by atoms with Gasteiger partial charge in [0.15, 0.2) is 17.5 Å². The van der Waals surface area contributed by atoms with E-state index in [1.807, 2.05) is 30.3 Å². The Hall–Kier alpha value is -7.43. The Kier molecular flexibility index (Phi) is 7.36. The van der Waals surface area contributed by atoms with Gasteiger partial charge in [0.05, 0.1) is 5.41 Å². The van der Waals surface area contributed by atoms with Gasteiger partial charge < -0.3 is 4.74 Å². The van der Waals surface area contributed by atoms with Crippen LogP contribution in [0, 0.1) is 0 Å². The molecule has 2 aliphatic rings. The van der Waals surface area contributed by atoms with Crippen LogP contribution in [-0.2, 0) is 5.41 Å². The third-order valence-corrected chi connectivity index (χ3v) is 11.2. The molecule has 4 heteroatoms. The van der Waals surface area contributed by atoms with Crippen molar-refractivity contribution >= 4 is 0 Å². The maximum absolute atomic E-state index is 6.74. The summed E-state index contributed by atoms with van der Waals surface area (Å²) in [5.41, 5.74) is 13.7. The van der Waals surface area contributed by atoms with Gasteiger partial charge in [0.1, 0.15) is 11.5 Å². The fourth-order valence-electron chi connectivity index (χ4n) is 8.83. The van der Waals surface area contributed by atoms with E-state index in [0.29, 0.717) is 17.5 Å². The lowest BCUT2D eigenvalue weighted by Gasteiger charge is -2.39. The quantitative estimate of drug-likeness (QED) is 0.178. The molecule has 0 amide bonds. The molecule has 8 aromatic carbocycles. The van der Waals surface area contributed by atoms with E-state index >= 15 is 0 Å². The number of para-hydroxylation sites is 1. The molecule has 1 aliphatic carbocycles. The molecule has 1 aliphatic heterocycles. The number of benzene rings is 8. The first-order chi connectivity index (χ1) is 27.8. The van der Waals surface area contributed by atoms with Crippen LogP contribution in [0.1, 0.15) is 22.3 Å². The summed E-state index contributed by atoms with van der Waals surface area (Å²) in [5, 5.41) is 0. The molecule has 0 bridgehead atoms. The average molecular weight is 716 g/mol. The molecule has 1 spiro atoms. The third kappa shape index (κ3) is 4.89. The Morgan fingerprint density at radius 2 is 0.714 bits per heavy atom. The molecule has 0 saturated heterocycles. The highest BCUT2D eigenvalue weighted by atomic mass is 16.5. The largest absolute Gasteiger partial charge is 0.457 e. The first kappa shape index (κ1) is 32.0. The summed E-state index contributed by atoms with van der Waals surface area (Å²) < 4.78 is 6.74. The minimum absolute atomic E-state index is 0.565. The molecule has 0 N–H and O–H groups in total. The molecule has 4 nitrogen and oxygen atoms in total. The molecule has 0 atom stereocenters. The van der Waals surface area contributed by atoms with Crippen LogP contribution in [-0.4, -0.2) is 15.0 Å². The van der Waals surface area contributed by atoms with Crippen LogP contribution < -0.4 is 4.74 Å². The Bertz CT molecular complexity index is 2910. The number of nitrogens with zero attached hydrogens (tertiary/aromatic N) is 3. The highest BCUT2D eigenvalue weighted by Gasteiger charge is 2.51. The minimum Gasteiger partial charge on any atom is -0.457 e. The van der Waals surface area contributed by atoms with E-state index in [4.69, 9.17) is 19.7 Å². The van der Waals surface area contributed by atoms with Crippen LogP contribution in [0.15, 0.2) is 200 Å². The zero-order valence-electron chi connectivity index (χ0n) is 30.3. The van der Waals surface area contributed by atoms with Crippen molar-refractivity contribution in [3.8, 4) is 79.0 Å². The van der Waals surface area contributed by atoms with E-state index in [9.17, 15) is 0 Å². The van der Waals surface area contributed by atoms with E-state index < -0.39 is 5.41 Å². The monoisotopic (exact) mass is 715 g/mol. The van der Waals surface area contributed by atoms with E-state index in [1.165, 1.54) is 22.3 Å². The van der Waals surface area contributed by atoms with Crippen LogP contribution in [0.2, 0.25) is 0 Å². The van der Waals surface area contributed by atoms with Crippen molar-refractivity contribution in [1.29, 1.82) is 0 Å². The summed E-state index contributed by atoms with van der Waals surface area (Å²) in [6.45, 7) is 0. The highest BCUT2D eigenvalue weighted by Crippen LogP contribution is 2.62. The van der Waals surface area contributed by atoms with Gasteiger partial charge in [0, 0.05) is 27.8 Å². The molecule has 0 fully saturated rings. The van der Waals surface area contributed by atoms with Gasteiger partial charge in [-0.25, -0.2) is 15.0 Å². The van der Waals surface area contributed by atoms with Gasteiger partial charge in [0.2, 0.25) is 0 Å². The van der Waals surface area contributed by atoms with Crippen LogP contribution >= 0.6 is 0 Å². The van der Waals surface area contributed by atoms with Crippen LogP contribution in [0.3, 0.4) is 0 Å². The van der Waals surface area contributed by atoms with Gasteiger partial charge in [-0.1, -0.05) is 182 Å². The summed E-state index contributed by atoms with van der Waals surface area (Å²) in [5.74, 6) is 3.58. The Morgan fingerprint density at radius 3 is 1.32 bits per heavy atom. The number of aromatic nitrogens is 3. The number of rotatable bonds is 5. The fraction of sp³-hybridized carbons (Fsp3) is 0.0192. The predicted molar refractivity (Wildman–Crippen MR) is 224 cm³/mol. The van der Waals surface area contributed by atoms with Crippen molar-refractivity contribution in [2.75, 3.05) is 0 Å². The Balaban J connectivity index is 1.13. The minimum atomic E-state index is -0.565. The highest BCUT2D eigenvalue weighted by molar-refractivity contribution is 5.90. The van der Waals surface area contributed by atoms with Crippen molar-refractivity contribution in [2.24, 2.45) is 0 Å². The molecule has 0 radical (unpaired) electrons. The number of fused-ring (bicyclic) bond motifs is 9. The SMILES string of the molecule is c1ccc(-c2nc(-c3ccccc3-c3ccccc3)nc(-c3ccccc3-c3ccc4c(c3)C3(c5ccccc5O4)c4ccccc4-c4ccccc43)n2)cc1. The summed E-state index contributed by atoms with van der Waals surface area (Å²) >= 11 is 0. The van der Waals surface area contributed by atoms with E-state index in [1.54, 1.807) is 0 Å². The normalized spacial score (nSPS) is 12.9. The Morgan fingerprint density at radius 1 is 0.286 bits per heavy atom. The van der Waals surface area contributed by atoms with Crippen LogP contribution in [0.25, 0.3) is 67.5 Å². The van der Waals surface area contributed by atoms with Gasteiger partial charge in [-0.15, -0.1) is 0 Å². The second kappa shape index (κ2) is 12.9. The van der Waals surface area contributed by atoms with Gasteiger partial charge in [-0.3, -0.25) is 0 Å². The summed E-state index contributed by atoms with van der Waals surface area (Å²) in [6, 6.07) is 70.1. The van der Waals surface area contributed by atoms with Crippen molar-refractivity contribution < 1.29 is 4.74 Å². The molecule has 0 saturated carbocycles. The molecule has 9 aromatic rings. The zero-order valence-corrected chi connectivity index (χ0v) is 30.3. The molecule has 56 heavy (non-hydrogen) atoms. The fourth-order valence-corrected chi connectivity index (χ4v) is 8.83. The molecule has 1 aromatic heterocycles. The number of hydrogen-bond donors (Lipinski definition) is 0. The summed E-state index contributed by atoms with van der Waals surface area (Å²) in [4.78, 5) is 15.6. The summed E-state index contributed by atoms with van der Waals surface area (Å²) in [7, 11) is 0. The van der Waals surface area contributed by atoms with Crippen molar-refractivity contribution in [3.63, 3.8) is 0 Å². The van der Waals surface area contributed by atoms with Crippen molar-refractivity contribution in [1.82, 2.24) is 15.0 Å². The third-order valence-electron chi connectivity index (χ3n) is 11.2. The van der Waals surface area contributed by atoms with E-state index in [0.717, 1.165) is 61.6 Å². The molecular weight excluding hydrogens is 683 g/mol. The van der Waals surface area contributed by atoms with Crippen LogP contribution in [0.4, 0.5) is 0 Å².